The topological polar surface area (TPSA) is 41.6 Å². The van der Waals surface area contributed by atoms with Crippen LogP contribution in [0.2, 0.25) is 0 Å². The smallest absolute Gasteiger partial charge is 0.228 e. The molecule has 0 radical (unpaired) electrons. The molecule has 0 spiro atoms. The van der Waals surface area contributed by atoms with Crippen molar-refractivity contribution in [1.29, 1.82) is 0 Å². The predicted octanol–water partition coefficient (Wildman–Crippen LogP) is 0.232. The monoisotopic (exact) mass is 212 g/mol. The predicted molar refractivity (Wildman–Crippen MR) is 57.6 cm³/mol. The van der Waals surface area contributed by atoms with Crippen LogP contribution < -0.4 is 5.32 Å². The maximum Gasteiger partial charge on any atom is 0.228 e. The van der Waals surface area contributed by atoms with Crippen LogP contribution in [0.4, 0.5) is 0 Å². The third-order valence-electron chi connectivity index (χ3n) is 3.23. The van der Waals surface area contributed by atoms with E-state index >= 15 is 0 Å². The second kappa shape index (κ2) is 4.49. The van der Waals surface area contributed by atoms with Gasteiger partial charge in [0.1, 0.15) is 0 Å². The van der Waals surface area contributed by atoms with Crippen molar-refractivity contribution in [3.8, 4) is 0 Å². The molecule has 2 aliphatic rings. The first-order valence-electron chi connectivity index (χ1n) is 5.80. The molecule has 3 atom stereocenters. The number of amides is 1. The summed E-state index contributed by atoms with van der Waals surface area (Å²) in [6.07, 6.45) is 1.14. The molecule has 1 N–H and O–H groups in total. The number of hydrogen-bond donors (Lipinski definition) is 1. The highest BCUT2D eigenvalue weighted by Crippen LogP contribution is 2.21. The Bertz CT molecular complexity index is 245. The molecule has 2 saturated heterocycles. The molecule has 0 aliphatic carbocycles. The summed E-state index contributed by atoms with van der Waals surface area (Å²) in [7, 11) is 0. The van der Waals surface area contributed by atoms with E-state index in [0.717, 1.165) is 26.1 Å². The van der Waals surface area contributed by atoms with Gasteiger partial charge in [0.2, 0.25) is 5.91 Å². The second-order valence-electron chi connectivity index (χ2n) is 4.72. The number of piperazine rings is 1. The number of nitrogens with zero attached hydrogens (tertiary/aromatic N) is 1. The van der Waals surface area contributed by atoms with Crippen molar-refractivity contribution in [2.75, 3.05) is 26.2 Å². The van der Waals surface area contributed by atoms with Crippen molar-refractivity contribution >= 4 is 5.91 Å². The number of nitrogens with one attached hydrogen (secondary N) is 1. The molecule has 0 saturated carbocycles. The van der Waals surface area contributed by atoms with E-state index in [1.807, 2.05) is 11.8 Å². The van der Waals surface area contributed by atoms with Gasteiger partial charge in [-0.05, 0) is 20.3 Å². The summed E-state index contributed by atoms with van der Waals surface area (Å²) in [6.45, 7) is 7.35. The lowest BCUT2D eigenvalue weighted by Crippen LogP contribution is -2.52. The van der Waals surface area contributed by atoms with E-state index in [0.29, 0.717) is 12.6 Å². The van der Waals surface area contributed by atoms with Crippen molar-refractivity contribution in [2.45, 2.75) is 32.4 Å². The van der Waals surface area contributed by atoms with Crippen molar-refractivity contribution < 1.29 is 9.53 Å². The second-order valence-corrected chi connectivity index (χ2v) is 4.72. The van der Waals surface area contributed by atoms with Gasteiger partial charge in [-0.2, -0.15) is 0 Å². The van der Waals surface area contributed by atoms with E-state index in [1.165, 1.54) is 0 Å². The summed E-state index contributed by atoms with van der Waals surface area (Å²) in [5.74, 6) is 0.387. The van der Waals surface area contributed by atoms with Crippen molar-refractivity contribution in [1.82, 2.24) is 10.2 Å². The number of carbonyl (C=O) groups excluding carboxylic acids is 1. The zero-order valence-electron chi connectivity index (χ0n) is 9.53. The summed E-state index contributed by atoms with van der Waals surface area (Å²) in [5.41, 5.74) is 0. The molecular weight excluding hydrogens is 192 g/mol. The first kappa shape index (κ1) is 10.9. The fourth-order valence-electron chi connectivity index (χ4n) is 2.38. The van der Waals surface area contributed by atoms with Gasteiger partial charge < -0.3 is 15.0 Å². The maximum atomic E-state index is 12.1. The summed E-state index contributed by atoms with van der Waals surface area (Å²) in [4.78, 5) is 14.1. The Hall–Kier alpha value is -0.610. The van der Waals surface area contributed by atoms with Gasteiger partial charge in [0.05, 0.1) is 18.6 Å². The first-order chi connectivity index (χ1) is 7.16. The summed E-state index contributed by atoms with van der Waals surface area (Å²) < 4.78 is 5.44. The van der Waals surface area contributed by atoms with E-state index < -0.39 is 0 Å². The van der Waals surface area contributed by atoms with Gasteiger partial charge in [-0.25, -0.2) is 0 Å². The molecule has 2 aliphatic heterocycles. The molecule has 4 heteroatoms. The van der Waals surface area contributed by atoms with Crippen LogP contribution in [0, 0.1) is 5.92 Å². The molecular formula is C11H20N2O2. The Morgan fingerprint density at radius 2 is 2.27 bits per heavy atom. The molecule has 0 aromatic rings. The van der Waals surface area contributed by atoms with Crippen LogP contribution in [0.1, 0.15) is 20.3 Å². The van der Waals surface area contributed by atoms with E-state index in [1.54, 1.807) is 0 Å². The van der Waals surface area contributed by atoms with Gasteiger partial charge in [-0.1, -0.05) is 0 Å². The molecule has 86 valence electrons. The van der Waals surface area contributed by atoms with Gasteiger partial charge in [-0.15, -0.1) is 0 Å². The molecule has 2 fully saturated rings. The summed E-state index contributed by atoms with van der Waals surface area (Å²) in [5, 5.41) is 3.34. The third kappa shape index (κ3) is 2.49. The minimum absolute atomic E-state index is 0.102. The molecule has 0 aromatic carbocycles. The van der Waals surface area contributed by atoms with Gasteiger partial charge in [0, 0.05) is 25.7 Å². The lowest BCUT2D eigenvalue weighted by Gasteiger charge is -2.33. The van der Waals surface area contributed by atoms with Crippen LogP contribution in [0.3, 0.4) is 0 Å². The average Bonchev–Trinajstić information content (AvgIpc) is 2.64. The van der Waals surface area contributed by atoms with E-state index in [4.69, 9.17) is 4.74 Å². The number of rotatable bonds is 1. The van der Waals surface area contributed by atoms with Gasteiger partial charge in [0.15, 0.2) is 0 Å². The Balaban J connectivity index is 1.89. The summed E-state index contributed by atoms with van der Waals surface area (Å²) >= 11 is 0. The summed E-state index contributed by atoms with van der Waals surface area (Å²) in [6, 6.07) is 0.419. The molecule has 2 rings (SSSR count). The zero-order chi connectivity index (χ0) is 10.8. The molecule has 15 heavy (non-hydrogen) atoms. The van der Waals surface area contributed by atoms with E-state index in [-0.39, 0.29) is 17.9 Å². The van der Waals surface area contributed by atoms with Crippen LogP contribution >= 0.6 is 0 Å². The molecule has 0 aromatic heterocycles. The highest BCUT2D eigenvalue weighted by molar-refractivity contribution is 5.79. The van der Waals surface area contributed by atoms with Crippen molar-refractivity contribution in [3.05, 3.63) is 0 Å². The van der Waals surface area contributed by atoms with Gasteiger partial charge >= 0.3 is 0 Å². The van der Waals surface area contributed by atoms with Crippen molar-refractivity contribution in [2.24, 2.45) is 5.92 Å². The van der Waals surface area contributed by atoms with Gasteiger partial charge in [-0.3, -0.25) is 4.79 Å². The van der Waals surface area contributed by atoms with E-state index in [9.17, 15) is 4.79 Å². The number of carbonyl (C=O) groups is 1. The van der Waals surface area contributed by atoms with Crippen LogP contribution in [0.5, 0.6) is 0 Å². The Labute approximate surface area is 91.0 Å². The zero-order valence-corrected chi connectivity index (χ0v) is 9.53. The van der Waals surface area contributed by atoms with Crippen LogP contribution in [-0.2, 0) is 9.53 Å². The molecule has 1 amide bonds. The first-order valence-corrected chi connectivity index (χ1v) is 5.80. The third-order valence-corrected chi connectivity index (χ3v) is 3.23. The largest absolute Gasteiger partial charge is 0.378 e. The Morgan fingerprint density at radius 3 is 2.87 bits per heavy atom. The quantitative estimate of drug-likeness (QED) is 0.676. The fraction of sp³-hybridized carbons (Fsp3) is 0.909. The maximum absolute atomic E-state index is 12.1. The number of ether oxygens (including phenoxy) is 1. The van der Waals surface area contributed by atoms with E-state index in [2.05, 4.69) is 12.2 Å². The average molecular weight is 212 g/mol. The highest BCUT2D eigenvalue weighted by atomic mass is 16.5. The van der Waals surface area contributed by atoms with Crippen LogP contribution in [0.15, 0.2) is 0 Å². The minimum Gasteiger partial charge on any atom is -0.378 e. The van der Waals surface area contributed by atoms with Gasteiger partial charge in [0.25, 0.3) is 0 Å². The molecule has 3 unspecified atom stereocenters. The lowest BCUT2D eigenvalue weighted by molar-refractivity contribution is -0.136. The van der Waals surface area contributed by atoms with Crippen LogP contribution in [-0.4, -0.2) is 49.2 Å². The Morgan fingerprint density at radius 1 is 1.47 bits per heavy atom. The highest BCUT2D eigenvalue weighted by Gasteiger charge is 2.32. The molecule has 2 heterocycles. The van der Waals surface area contributed by atoms with Crippen LogP contribution in [0.25, 0.3) is 0 Å². The SMILES string of the molecule is CC1CN(C(=O)C2COC(C)C2)CCN1. The Kier molecular flexibility index (Phi) is 3.26. The van der Waals surface area contributed by atoms with Crippen molar-refractivity contribution in [3.63, 3.8) is 0 Å². The standard InChI is InChI=1S/C11H20N2O2/c1-8-6-13(4-3-12-8)11(14)10-5-9(2)15-7-10/h8-10,12H,3-7H2,1-2H3. The minimum atomic E-state index is 0.102. The molecule has 4 nitrogen and oxygen atoms in total. The number of hydrogen-bond acceptors (Lipinski definition) is 3. The lowest BCUT2D eigenvalue weighted by atomic mass is 10.0. The fourth-order valence-corrected chi connectivity index (χ4v) is 2.38. The molecule has 0 bridgehead atoms. The normalized spacial score (nSPS) is 36.9.